The average molecular weight is 286 g/mol. The maximum absolute atomic E-state index is 10.5. The predicted molar refractivity (Wildman–Crippen MR) is 75.8 cm³/mol. The fraction of sp³-hybridized carbons (Fsp3) is 0.857. The highest BCUT2D eigenvalue weighted by atomic mass is 16.4. The molecule has 0 radical (unpaired) electrons. The van der Waals surface area contributed by atoms with Crippen LogP contribution >= 0.6 is 0 Å². The number of rotatable bonds is 4. The van der Waals surface area contributed by atoms with Gasteiger partial charge in [0, 0.05) is 6.04 Å². The normalized spacial score (nSPS) is 24.6. The van der Waals surface area contributed by atoms with Crippen molar-refractivity contribution in [2.45, 2.75) is 70.0 Å². The van der Waals surface area contributed by atoms with Crippen LogP contribution < -0.4 is 10.6 Å². The molecule has 0 bridgehead atoms. The number of carboxylic acid groups (broad SMARTS) is 2. The highest BCUT2D eigenvalue weighted by Gasteiger charge is 2.20. The maximum atomic E-state index is 10.5. The first-order valence-electron chi connectivity index (χ1n) is 7.45. The molecule has 1 saturated carbocycles. The predicted octanol–water partition coefficient (Wildman–Crippen LogP) is 1.20. The molecular weight excluding hydrogens is 260 g/mol. The summed E-state index contributed by atoms with van der Waals surface area (Å²) in [7, 11) is 0. The van der Waals surface area contributed by atoms with Gasteiger partial charge in [-0.2, -0.15) is 0 Å². The third-order valence-corrected chi connectivity index (χ3v) is 3.82. The van der Waals surface area contributed by atoms with E-state index in [0.29, 0.717) is 6.04 Å². The van der Waals surface area contributed by atoms with Gasteiger partial charge < -0.3 is 20.8 Å². The summed E-state index contributed by atoms with van der Waals surface area (Å²) in [5, 5.41) is 23.0. The lowest BCUT2D eigenvalue weighted by atomic mass is 9.95. The topological polar surface area (TPSA) is 98.7 Å². The number of aliphatic carboxylic acids is 2. The van der Waals surface area contributed by atoms with Gasteiger partial charge >= 0.3 is 11.9 Å². The quantitative estimate of drug-likeness (QED) is 0.620. The lowest BCUT2D eigenvalue weighted by Gasteiger charge is -2.24. The van der Waals surface area contributed by atoms with Crippen LogP contribution in [-0.2, 0) is 9.59 Å². The van der Waals surface area contributed by atoms with Crippen molar-refractivity contribution in [3.63, 3.8) is 0 Å². The summed E-state index contributed by atoms with van der Waals surface area (Å²) in [5.41, 5.74) is 0. The van der Waals surface area contributed by atoms with Crippen LogP contribution in [0.25, 0.3) is 0 Å². The maximum Gasteiger partial charge on any atom is 0.320 e. The molecule has 2 rings (SSSR count). The van der Waals surface area contributed by atoms with Crippen LogP contribution in [0.3, 0.4) is 0 Å². The van der Waals surface area contributed by atoms with Gasteiger partial charge in [0.05, 0.1) is 0 Å². The lowest BCUT2D eigenvalue weighted by molar-refractivity contribution is -0.140. The van der Waals surface area contributed by atoms with Crippen LogP contribution in [0.5, 0.6) is 0 Å². The van der Waals surface area contributed by atoms with Gasteiger partial charge in [-0.1, -0.05) is 19.3 Å². The largest absolute Gasteiger partial charge is 0.480 e. The van der Waals surface area contributed by atoms with Crippen LogP contribution in [-0.4, -0.2) is 46.8 Å². The number of hydrogen-bond acceptors (Lipinski definition) is 4. The van der Waals surface area contributed by atoms with Gasteiger partial charge in [-0.3, -0.25) is 9.59 Å². The number of nitrogens with one attached hydrogen (secondary N) is 2. The smallest absolute Gasteiger partial charge is 0.320 e. The molecule has 0 aromatic carbocycles. The van der Waals surface area contributed by atoms with E-state index < -0.39 is 18.0 Å². The third kappa shape index (κ3) is 6.34. The van der Waals surface area contributed by atoms with Gasteiger partial charge in [0.15, 0.2) is 0 Å². The van der Waals surface area contributed by atoms with Crippen molar-refractivity contribution in [3.8, 4) is 0 Å². The second-order valence-corrected chi connectivity index (χ2v) is 5.55. The highest BCUT2D eigenvalue weighted by molar-refractivity contribution is 5.73. The van der Waals surface area contributed by atoms with Crippen LogP contribution in [0.2, 0.25) is 0 Å². The van der Waals surface area contributed by atoms with E-state index in [2.05, 4.69) is 10.6 Å². The summed E-state index contributed by atoms with van der Waals surface area (Å²) in [6.07, 6.45) is 7.84. The first-order valence-corrected chi connectivity index (χ1v) is 7.45. The summed E-state index contributed by atoms with van der Waals surface area (Å²) in [6, 6.07) is -0.229. The van der Waals surface area contributed by atoms with Crippen LogP contribution in [0.4, 0.5) is 0 Å². The van der Waals surface area contributed by atoms with Crippen LogP contribution in [0, 0.1) is 0 Å². The van der Waals surface area contributed by atoms with Gasteiger partial charge in [-0.05, 0) is 39.2 Å². The van der Waals surface area contributed by atoms with Crippen molar-refractivity contribution in [2.75, 3.05) is 6.54 Å². The fourth-order valence-electron chi connectivity index (χ4n) is 2.59. The summed E-state index contributed by atoms with van der Waals surface area (Å²) in [5.74, 6) is -1.47. The summed E-state index contributed by atoms with van der Waals surface area (Å²) in [4.78, 5) is 20.6. The first kappa shape index (κ1) is 16.9. The molecule has 4 N–H and O–H groups in total. The van der Waals surface area contributed by atoms with Gasteiger partial charge in [-0.15, -0.1) is 0 Å². The Morgan fingerprint density at radius 1 is 1.10 bits per heavy atom. The minimum Gasteiger partial charge on any atom is -0.480 e. The molecule has 1 aliphatic heterocycles. The summed E-state index contributed by atoms with van der Waals surface area (Å²) in [6.45, 7) is 2.56. The third-order valence-electron chi connectivity index (χ3n) is 3.82. The molecule has 0 amide bonds. The van der Waals surface area contributed by atoms with Gasteiger partial charge in [0.2, 0.25) is 0 Å². The van der Waals surface area contributed by atoms with Crippen molar-refractivity contribution < 1.29 is 19.8 Å². The van der Waals surface area contributed by atoms with Crippen LogP contribution in [0.15, 0.2) is 0 Å². The molecule has 1 saturated heterocycles. The van der Waals surface area contributed by atoms with Gasteiger partial charge in [0.25, 0.3) is 0 Å². The molecule has 2 fully saturated rings. The zero-order valence-electron chi connectivity index (χ0n) is 12.1. The van der Waals surface area contributed by atoms with E-state index in [4.69, 9.17) is 10.2 Å². The van der Waals surface area contributed by atoms with E-state index in [1.807, 2.05) is 0 Å². The second kappa shape index (κ2) is 8.92. The van der Waals surface area contributed by atoms with E-state index in [1.54, 1.807) is 6.92 Å². The summed E-state index contributed by atoms with van der Waals surface area (Å²) < 4.78 is 0. The van der Waals surface area contributed by atoms with E-state index >= 15 is 0 Å². The molecule has 2 atom stereocenters. The lowest BCUT2D eigenvalue weighted by Crippen LogP contribution is -2.42. The molecule has 2 aliphatic rings. The van der Waals surface area contributed by atoms with Gasteiger partial charge in [0.1, 0.15) is 12.1 Å². The van der Waals surface area contributed by atoms with Crippen molar-refractivity contribution in [1.29, 1.82) is 0 Å². The first-order chi connectivity index (χ1) is 9.50. The molecule has 0 aromatic heterocycles. The minimum atomic E-state index is -0.749. The molecule has 0 aromatic rings. The molecule has 116 valence electrons. The highest BCUT2D eigenvalue weighted by Crippen LogP contribution is 2.17. The van der Waals surface area contributed by atoms with E-state index in [1.165, 1.54) is 19.3 Å². The van der Waals surface area contributed by atoms with Crippen molar-refractivity contribution >= 4 is 11.9 Å². The number of hydrogen-bond donors (Lipinski definition) is 4. The standard InChI is InChI=1S/C9H17NO2.C5H9NO2/c1-7(9(11)12)10-8-5-3-2-4-6-8;7-5(8)4-2-1-3-6-4/h7-8,10H,2-6H2,1H3,(H,11,12);4,6H,1-3H2,(H,7,8)/t7-;4-/m00/s1. The Kier molecular flexibility index (Phi) is 7.54. The van der Waals surface area contributed by atoms with E-state index in [9.17, 15) is 9.59 Å². The Balaban J connectivity index is 0.000000217. The Labute approximate surface area is 119 Å². The molecular formula is C14H26N2O4. The fourth-order valence-corrected chi connectivity index (χ4v) is 2.59. The molecule has 0 spiro atoms. The number of carbonyl (C=O) groups is 2. The monoisotopic (exact) mass is 286 g/mol. The van der Waals surface area contributed by atoms with Crippen LogP contribution in [0.1, 0.15) is 51.9 Å². The SMILES string of the molecule is C[C@H](NC1CCCCC1)C(=O)O.O=C(O)[C@@H]1CCCN1. The van der Waals surface area contributed by atoms with Crippen molar-refractivity contribution in [1.82, 2.24) is 10.6 Å². The second-order valence-electron chi connectivity index (χ2n) is 5.55. The Bertz CT molecular complexity index is 310. The Morgan fingerprint density at radius 3 is 2.15 bits per heavy atom. The van der Waals surface area contributed by atoms with E-state index in [-0.39, 0.29) is 6.04 Å². The zero-order chi connectivity index (χ0) is 15.0. The van der Waals surface area contributed by atoms with Crippen molar-refractivity contribution in [2.24, 2.45) is 0 Å². The van der Waals surface area contributed by atoms with E-state index in [0.717, 1.165) is 32.2 Å². The molecule has 6 heteroatoms. The molecule has 6 nitrogen and oxygen atoms in total. The Hall–Kier alpha value is -1.14. The van der Waals surface area contributed by atoms with Gasteiger partial charge in [-0.25, -0.2) is 0 Å². The average Bonchev–Trinajstić information content (AvgIpc) is 2.94. The molecule has 1 heterocycles. The van der Waals surface area contributed by atoms with Crippen molar-refractivity contribution in [3.05, 3.63) is 0 Å². The number of carboxylic acids is 2. The summed E-state index contributed by atoms with van der Waals surface area (Å²) >= 11 is 0. The zero-order valence-corrected chi connectivity index (χ0v) is 12.1. The minimum absolute atomic E-state index is 0.269. The molecule has 0 unspecified atom stereocenters. The molecule has 20 heavy (non-hydrogen) atoms. The Morgan fingerprint density at radius 2 is 1.75 bits per heavy atom. The molecule has 1 aliphatic carbocycles.